The van der Waals surface area contributed by atoms with Crippen LogP contribution in [0.5, 0.6) is 0 Å². The molecular formula is C21H21F12O3-. The zero-order chi connectivity index (χ0) is 28.3. The Labute approximate surface area is 198 Å². The van der Waals surface area contributed by atoms with Crippen molar-refractivity contribution in [2.45, 2.75) is 87.4 Å². The van der Waals surface area contributed by atoms with Gasteiger partial charge in [0, 0.05) is 12.4 Å². The molecule has 0 atom stereocenters. The second kappa shape index (κ2) is 13.9. The van der Waals surface area contributed by atoms with Crippen molar-refractivity contribution in [1.29, 1.82) is 0 Å². The fourth-order valence-corrected chi connectivity index (χ4v) is 2.47. The van der Waals surface area contributed by atoms with Crippen LogP contribution < -0.4 is 5.11 Å². The van der Waals surface area contributed by atoms with E-state index in [2.05, 4.69) is 16.6 Å². The first-order valence-corrected chi connectivity index (χ1v) is 10.3. The topological polar surface area (TPSA) is 49.4 Å². The molecule has 0 fully saturated rings. The van der Waals surface area contributed by atoms with Crippen LogP contribution in [-0.4, -0.2) is 55.2 Å². The van der Waals surface area contributed by atoms with Gasteiger partial charge in [0.1, 0.15) is 13.2 Å². The second-order valence-corrected chi connectivity index (χ2v) is 7.44. The number of carbonyl (C=O) groups excluding carboxylic acids is 1. The van der Waals surface area contributed by atoms with E-state index >= 15 is 0 Å². The smallest absolute Gasteiger partial charge is 0.384 e. The van der Waals surface area contributed by atoms with E-state index in [1.54, 1.807) is 0 Å². The summed E-state index contributed by atoms with van der Waals surface area (Å²) < 4.78 is 160. The normalized spacial score (nSPS) is 13.1. The van der Waals surface area contributed by atoms with E-state index in [1.165, 1.54) is 0 Å². The van der Waals surface area contributed by atoms with E-state index in [0.29, 0.717) is 19.3 Å². The highest BCUT2D eigenvalue weighted by Gasteiger charge is 2.87. The maximum absolute atomic E-state index is 13.5. The summed E-state index contributed by atoms with van der Waals surface area (Å²) in [6.45, 7) is -3.78. The van der Waals surface area contributed by atoms with Gasteiger partial charge in [-0.05, 0) is 31.1 Å². The number of alkyl halides is 12. The Morgan fingerprint density at radius 1 is 0.722 bits per heavy atom. The van der Waals surface area contributed by atoms with E-state index < -0.39 is 55.2 Å². The number of hydrogen-bond donors (Lipinski definition) is 0. The molecule has 3 nitrogen and oxygen atoms in total. The molecule has 0 saturated carbocycles. The molecule has 0 bridgehead atoms. The summed E-state index contributed by atoms with van der Waals surface area (Å²) in [4.78, 5) is 10.2. The largest absolute Gasteiger partial charge is 0.550 e. The van der Waals surface area contributed by atoms with Gasteiger partial charge in [-0.25, -0.2) is 8.78 Å². The number of halogens is 12. The third-order valence-corrected chi connectivity index (χ3v) is 4.57. The minimum absolute atomic E-state index is 0.0173. The van der Waals surface area contributed by atoms with Crippen molar-refractivity contribution in [2.75, 3.05) is 13.2 Å². The van der Waals surface area contributed by atoms with Crippen molar-refractivity contribution in [3.05, 3.63) is 0 Å². The van der Waals surface area contributed by atoms with Gasteiger partial charge in [0.05, 0.1) is 0 Å². The molecule has 0 aromatic rings. The zero-order valence-electron chi connectivity index (χ0n) is 18.4. The molecule has 0 heterocycles. The van der Waals surface area contributed by atoms with Crippen molar-refractivity contribution >= 4 is 5.97 Å². The monoisotopic (exact) mass is 549 g/mol. The zero-order valence-corrected chi connectivity index (χ0v) is 18.4. The Bertz CT molecular complexity index is 819. The molecule has 0 aromatic heterocycles. The number of rotatable bonds is 16. The Morgan fingerprint density at radius 2 is 1.22 bits per heavy atom. The lowest BCUT2D eigenvalue weighted by atomic mass is 9.94. The van der Waals surface area contributed by atoms with Crippen molar-refractivity contribution in [3.63, 3.8) is 0 Å². The van der Waals surface area contributed by atoms with Crippen LogP contribution in [0.3, 0.4) is 0 Å². The first kappa shape index (κ1) is 33.7. The van der Waals surface area contributed by atoms with E-state index in [4.69, 9.17) is 0 Å². The highest BCUT2D eigenvalue weighted by molar-refractivity contribution is 5.64. The summed E-state index contributed by atoms with van der Waals surface area (Å²) >= 11 is 0. The molecule has 0 aliphatic heterocycles. The molecule has 0 N–H and O–H groups in total. The van der Waals surface area contributed by atoms with Gasteiger partial charge in [0.25, 0.3) is 0 Å². The summed E-state index contributed by atoms with van der Waals surface area (Å²) in [5.74, 6) is -27.9. The van der Waals surface area contributed by atoms with Gasteiger partial charge in [-0.1, -0.05) is 37.5 Å². The summed E-state index contributed by atoms with van der Waals surface area (Å²) in [6, 6.07) is 0. The van der Waals surface area contributed by atoms with Gasteiger partial charge in [-0.2, -0.15) is 43.9 Å². The molecule has 0 radical (unpaired) electrons. The molecule has 0 saturated heterocycles. The van der Waals surface area contributed by atoms with E-state index in [1.807, 2.05) is 11.8 Å². The van der Waals surface area contributed by atoms with Gasteiger partial charge in [-0.3, -0.25) is 0 Å². The van der Waals surface area contributed by atoms with E-state index in [-0.39, 0.29) is 6.42 Å². The third kappa shape index (κ3) is 8.68. The van der Waals surface area contributed by atoms with Crippen LogP contribution >= 0.6 is 0 Å². The second-order valence-electron chi connectivity index (χ2n) is 7.44. The predicted molar refractivity (Wildman–Crippen MR) is 99.1 cm³/mol. The lowest BCUT2D eigenvalue weighted by Crippen LogP contribution is -2.69. The Hall–Kier alpha value is -2.29. The average Bonchev–Trinajstić information content (AvgIpc) is 2.75. The molecule has 0 unspecified atom stereocenters. The standard InChI is InChI=1S/C21H22F12O3/c22-16(23)18(26,27)20(30,31)21(32,33)19(28,29)17(24,25)14-36-13-11-9-7-5-3-1-2-4-6-8-10-12-15(34)35/h16H,1-4,6,8,10,12-14H2,(H,34,35)/p-1. The van der Waals surface area contributed by atoms with Gasteiger partial charge in [0.2, 0.25) is 0 Å². The minimum Gasteiger partial charge on any atom is -0.550 e. The number of ether oxygens (including phenoxy) is 1. The maximum Gasteiger partial charge on any atom is 0.384 e. The lowest BCUT2D eigenvalue weighted by Gasteiger charge is -2.38. The van der Waals surface area contributed by atoms with E-state index in [9.17, 15) is 62.6 Å². The number of carboxylic acids is 1. The number of carbonyl (C=O) groups is 1. The highest BCUT2D eigenvalue weighted by atomic mass is 19.4. The predicted octanol–water partition coefficient (Wildman–Crippen LogP) is 5.32. The SMILES string of the molecule is O=C([O-])CCCCCCCCC#CC#CCOCC(F)(F)C(F)(F)C(F)(F)C(F)(F)C(F)(F)C(F)F. The maximum atomic E-state index is 13.5. The van der Waals surface area contributed by atoms with Gasteiger partial charge in [0.15, 0.2) is 0 Å². The first-order valence-electron chi connectivity index (χ1n) is 10.3. The first-order chi connectivity index (χ1) is 16.4. The van der Waals surface area contributed by atoms with Crippen LogP contribution in [0.25, 0.3) is 0 Å². The molecule has 0 aliphatic carbocycles. The van der Waals surface area contributed by atoms with Crippen molar-refractivity contribution in [3.8, 4) is 23.7 Å². The number of unbranched alkanes of at least 4 members (excludes halogenated alkanes) is 6. The van der Waals surface area contributed by atoms with Crippen LogP contribution in [0.1, 0.15) is 51.4 Å². The molecule has 0 spiro atoms. The van der Waals surface area contributed by atoms with Crippen LogP contribution in [0.2, 0.25) is 0 Å². The lowest BCUT2D eigenvalue weighted by molar-refractivity contribution is -0.415. The molecule has 15 heteroatoms. The Morgan fingerprint density at radius 3 is 1.75 bits per heavy atom. The molecule has 36 heavy (non-hydrogen) atoms. The summed E-state index contributed by atoms with van der Waals surface area (Å²) in [6.07, 6.45) is -0.933. The van der Waals surface area contributed by atoms with Gasteiger partial charge < -0.3 is 14.6 Å². The quantitative estimate of drug-likeness (QED) is 0.149. The number of aliphatic carboxylic acids is 1. The fraction of sp³-hybridized carbons (Fsp3) is 0.762. The fourth-order valence-electron chi connectivity index (χ4n) is 2.47. The van der Waals surface area contributed by atoms with Crippen LogP contribution in [0, 0.1) is 23.7 Å². The van der Waals surface area contributed by atoms with Gasteiger partial charge in [-0.15, -0.1) is 0 Å². The van der Waals surface area contributed by atoms with Crippen molar-refractivity contribution in [2.24, 2.45) is 0 Å². The van der Waals surface area contributed by atoms with Gasteiger partial charge >= 0.3 is 36.0 Å². The molecular weight excluding hydrogens is 528 g/mol. The molecule has 0 rings (SSSR count). The van der Waals surface area contributed by atoms with Crippen LogP contribution in [0.15, 0.2) is 0 Å². The number of carboxylic acid groups (broad SMARTS) is 1. The van der Waals surface area contributed by atoms with Crippen LogP contribution in [-0.2, 0) is 9.53 Å². The van der Waals surface area contributed by atoms with Crippen molar-refractivity contribution < 1.29 is 67.3 Å². The van der Waals surface area contributed by atoms with Crippen LogP contribution in [0.4, 0.5) is 52.7 Å². The third-order valence-electron chi connectivity index (χ3n) is 4.57. The Balaban J connectivity index is 4.64. The van der Waals surface area contributed by atoms with Crippen molar-refractivity contribution in [1.82, 2.24) is 0 Å². The highest BCUT2D eigenvalue weighted by Crippen LogP contribution is 2.58. The molecule has 0 amide bonds. The minimum atomic E-state index is -7.58. The number of hydrogen-bond acceptors (Lipinski definition) is 3. The molecule has 0 aromatic carbocycles. The Kier molecular flexibility index (Phi) is 13.0. The summed E-state index contributed by atoms with van der Waals surface area (Å²) in [5, 5.41) is 10.2. The molecule has 208 valence electrons. The molecule has 0 aliphatic rings. The summed E-state index contributed by atoms with van der Waals surface area (Å²) in [5.41, 5.74) is 0. The van der Waals surface area contributed by atoms with E-state index in [0.717, 1.165) is 25.7 Å². The average molecular weight is 549 g/mol. The summed E-state index contributed by atoms with van der Waals surface area (Å²) in [7, 11) is 0.